The molecule has 14 heavy (non-hydrogen) atoms. The zero-order valence-electron chi connectivity index (χ0n) is 8.96. The molecule has 1 saturated heterocycles. The van der Waals surface area contributed by atoms with E-state index in [0.717, 1.165) is 6.04 Å². The summed E-state index contributed by atoms with van der Waals surface area (Å²) in [6.45, 7) is 2.94. The van der Waals surface area contributed by atoms with E-state index in [1.807, 2.05) is 0 Å². The minimum atomic E-state index is -1.08. The number of hydrogen-bond acceptors (Lipinski definition) is 2. The van der Waals surface area contributed by atoms with Crippen LogP contribution in [0.2, 0.25) is 24.7 Å². The van der Waals surface area contributed by atoms with Crippen LogP contribution in [0.15, 0.2) is 0 Å². The van der Waals surface area contributed by atoms with Crippen LogP contribution >= 0.6 is 0 Å². The van der Waals surface area contributed by atoms with Gasteiger partial charge in [-0.3, -0.25) is 4.79 Å². The summed E-state index contributed by atoms with van der Waals surface area (Å²) in [6.07, 6.45) is 2.97. The molecule has 82 valence electrons. The first-order chi connectivity index (χ1) is 6.56. The minimum absolute atomic E-state index is 0.224. The fourth-order valence-electron chi connectivity index (χ4n) is 2.62. The van der Waals surface area contributed by atoms with Crippen molar-refractivity contribution in [3.05, 3.63) is 0 Å². The van der Waals surface area contributed by atoms with Gasteiger partial charge in [0.2, 0.25) is 0 Å². The Bertz CT molecular complexity index is 202. The molecule has 1 aliphatic heterocycles. The largest absolute Gasteiger partial charge is 0.481 e. The lowest BCUT2D eigenvalue weighted by atomic mass is 10.1. The first kappa shape index (κ1) is 11.7. The fraction of sp³-hybridized carbons (Fsp3) is 0.900. The monoisotopic (exact) mass is 215 g/mol. The van der Waals surface area contributed by atoms with Gasteiger partial charge in [-0.2, -0.15) is 0 Å². The Kier molecular flexibility index (Phi) is 4.13. The number of carbonyl (C=O) groups is 1. The van der Waals surface area contributed by atoms with Crippen LogP contribution < -0.4 is 5.73 Å². The molecule has 1 aliphatic rings. The van der Waals surface area contributed by atoms with Crippen LogP contribution in [0.4, 0.5) is 0 Å². The van der Waals surface area contributed by atoms with Gasteiger partial charge in [0, 0.05) is 6.42 Å². The van der Waals surface area contributed by atoms with Crippen molar-refractivity contribution >= 4 is 14.0 Å². The number of aliphatic carboxylic acids is 1. The first-order valence-electron chi connectivity index (χ1n) is 5.47. The van der Waals surface area contributed by atoms with Gasteiger partial charge in [0.15, 0.2) is 0 Å². The molecule has 1 heterocycles. The van der Waals surface area contributed by atoms with Gasteiger partial charge in [-0.25, -0.2) is 0 Å². The Morgan fingerprint density at radius 2 is 2.07 bits per heavy atom. The molecule has 0 aromatic heterocycles. The highest BCUT2D eigenvalue weighted by Crippen LogP contribution is 2.35. The Balaban J connectivity index is 2.42. The van der Waals surface area contributed by atoms with Crippen LogP contribution in [-0.2, 0) is 4.79 Å². The van der Waals surface area contributed by atoms with E-state index >= 15 is 0 Å². The van der Waals surface area contributed by atoms with Crippen LogP contribution in [0.5, 0.6) is 0 Å². The van der Waals surface area contributed by atoms with E-state index in [-0.39, 0.29) is 12.3 Å². The maximum Gasteiger partial charge on any atom is 0.303 e. The summed E-state index contributed by atoms with van der Waals surface area (Å²) in [5.41, 5.74) is 5.62. The average molecular weight is 215 g/mol. The summed E-state index contributed by atoms with van der Waals surface area (Å²) < 4.78 is 0. The molecule has 0 radical (unpaired) electrons. The second kappa shape index (κ2) is 4.93. The molecule has 3 N–H and O–H groups in total. The third-order valence-electron chi connectivity index (χ3n) is 3.39. The van der Waals surface area contributed by atoms with Gasteiger partial charge in [-0.15, -0.1) is 0 Å². The molecule has 0 aromatic carbocycles. The molecule has 0 bridgehead atoms. The third kappa shape index (κ3) is 3.42. The molecule has 0 aromatic rings. The summed E-state index contributed by atoms with van der Waals surface area (Å²) in [5, 5.41) is 8.73. The summed E-state index contributed by atoms with van der Waals surface area (Å²) in [5.74, 6) is -0.474. The maximum absolute atomic E-state index is 10.6. The zero-order chi connectivity index (χ0) is 10.6. The van der Waals surface area contributed by atoms with Crippen LogP contribution in [0, 0.1) is 5.92 Å². The van der Waals surface area contributed by atoms with Crippen molar-refractivity contribution in [2.24, 2.45) is 11.7 Å². The average Bonchev–Trinajstić information content (AvgIpc) is 2.50. The number of hydrogen-bond donors (Lipinski definition) is 2. The predicted octanol–water partition coefficient (Wildman–Crippen LogP) is 1.91. The molecule has 0 aliphatic carbocycles. The molecule has 0 saturated carbocycles. The van der Waals surface area contributed by atoms with Crippen LogP contribution in [0.25, 0.3) is 0 Å². The normalized spacial score (nSPS) is 22.1. The highest BCUT2D eigenvalue weighted by Gasteiger charge is 2.33. The van der Waals surface area contributed by atoms with E-state index in [1.165, 1.54) is 24.9 Å². The third-order valence-corrected chi connectivity index (χ3v) is 8.07. The molecule has 1 rings (SSSR count). The number of rotatable bonds is 5. The van der Waals surface area contributed by atoms with E-state index in [4.69, 9.17) is 10.8 Å². The van der Waals surface area contributed by atoms with E-state index in [0.29, 0.717) is 6.54 Å². The molecular formula is C10H21NO2Si. The van der Waals surface area contributed by atoms with E-state index in [9.17, 15) is 4.79 Å². The second-order valence-corrected chi connectivity index (χ2v) is 9.95. The van der Waals surface area contributed by atoms with Gasteiger partial charge < -0.3 is 10.8 Å². The van der Waals surface area contributed by atoms with Crippen LogP contribution in [0.1, 0.15) is 19.3 Å². The van der Waals surface area contributed by atoms with Crippen LogP contribution in [0.3, 0.4) is 0 Å². The summed E-state index contributed by atoms with van der Waals surface area (Å²) in [4.78, 5) is 10.6. The Hall–Kier alpha value is -0.353. The topological polar surface area (TPSA) is 63.3 Å². The van der Waals surface area contributed by atoms with Gasteiger partial charge in [0.1, 0.15) is 0 Å². The Morgan fingerprint density at radius 3 is 2.50 bits per heavy atom. The van der Waals surface area contributed by atoms with Gasteiger partial charge in [0.05, 0.1) is 8.07 Å². The number of carboxylic acids is 1. The van der Waals surface area contributed by atoms with Gasteiger partial charge >= 0.3 is 5.97 Å². The van der Waals surface area contributed by atoms with Gasteiger partial charge in [0.25, 0.3) is 0 Å². The fourth-order valence-corrected chi connectivity index (χ4v) is 7.19. The minimum Gasteiger partial charge on any atom is -0.481 e. The number of nitrogens with two attached hydrogens (primary N) is 1. The maximum atomic E-state index is 10.6. The Labute approximate surface area is 86.7 Å². The SMILES string of the molecule is C[Si]1(C[C@H](CN)CC(=O)O)CCCC1. The van der Waals surface area contributed by atoms with Gasteiger partial charge in [-0.05, 0) is 12.5 Å². The standard InChI is InChI=1S/C10H21NO2Si/c1-14(4-2-3-5-14)8-9(7-11)6-10(12)13/h9H,2-8,11H2,1H3,(H,12,13)/t9-/m0/s1. The van der Waals surface area contributed by atoms with Crippen molar-refractivity contribution in [2.75, 3.05) is 6.54 Å². The van der Waals surface area contributed by atoms with Crippen molar-refractivity contribution in [2.45, 2.75) is 43.9 Å². The molecular weight excluding hydrogens is 194 g/mol. The molecule has 0 unspecified atom stereocenters. The first-order valence-corrected chi connectivity index (χ1v) is 8.60. The number of carboxylic acid groups (broad SMARTS) is 1. The van der Waals surface area contributed by atoms with E-state index < -0.39 is 14.0 Å². The molecule has 1 atom stereocenters. The van der Waals surface area contributed by atoms with Crippen molar-refractivity contribution in [3.63, 3.8) is 0 Å². The molecule has 3 nitrogen and oxygen atoms in total. The molecule has 0 amide bonds. The smallest absolute Gasteiger partial charge is 0.303 e. The van der Waals surface area contributed by atoms with Gasteiger partial charge in [-0.1, -0.05) is 37.5 Å². The second-order valence-electron chi connectivity index (χ2n) is 4.92. The molecule has 1 fully saturated rings. The van der Waals surface area contributed by atoms with Crippen LogP contribution in [-0.4, -0.2) is 25.7 Å². The lowest BCUT2D eigenvalue weighted by Gasteiger charge is -2.25. The summed E-state index contributed by atoms with van der Waals surface area (Å²) in [6, 6.07) is 3.88. The quantitative estimate of drug-likeness (QED) is 0.689. The van der Waals surface area contributed by atoms with E-state index in [2.05, 4.69) is 6.55 Å². The highest BCUT2D eigenvalue weighted by molar-refractivity contribution is 6.79. The van der Waals surface area contributed by atoms with Crippen molar-refractivity contribution in [3.8, 4) is 0 Å². The molecule has 0 spiro atoms. The summed E-state index contributed by atoms with van der Waals surface area (Å²) >= 11 is 0. The summed E-state index contributed by atoms with van der Waals surface area (Å²) in [7, 11) is -1.08. The van der Waals surface area contributed by atoms with Crippen molar-refractivity contribution < 1.29 is 9.90 Å². The van der Waals surface area contributed by atoms with Crippen molar-refractivity contribution in [1.82, 2.24) is 0 Å². The van der Waals surface area contributed by atoms with E-state index in [1.54, 1.807) is 0 Å². The zero-order valence-corrected chi connectivity index (χ0v) is 9.96. The lowest BCUT2D eigenvalue weighted by Crippen LogP contribution is -2.32. The lowest BCUT2D eigenvalue weighted by molar-refractivity contribution is -0.137. The predicted molar refractivity (Wildman–Crippen MR) is 60.1 cm³/mol. The highest BCUT2D eigenvalue weighted by atomic mass is 28.3. The Morgan fingerprint density at radius 1 is 1.50 bits per heavy atom. The molecule has 4 heteroatoms. The van der Waals surface area contributed by atoms with Crippen molar-refractivity contribution in [1.29, 1.82) is 0 Å².